The molecule has 0 radical (unpaired) electrons. The maximum absolute atomic E-state index is 12.5. The summed E-state index contributed by atoms with van der Waals surface area (Å²) >= 11 is 0. The third-order valence-electron chi connectivity index (χ3n) is 4.41. The number of carbonyl (C=O) groups excluding carboxylic acids is 3. The largest absolute Gasteiger partial charge is 0.455 e. The first-order valence-corrected chi connectivity index (χ1v) is 7.44. The van der Waals surface area contributed by atoms with Gasteiger partial charge in [-0.25, -0.2) is 4.79 Å². The molecule has 2 fully saturated rings. The van der Waals surface area contributed by atoms with Gasteiger partial charge in [0.25, 0.3) is 5.91 Å². The van der Waals surface area contributed by atoms with Crippen molar-refractivity contribution in [2.24, 2.45) is 0 Å². The standard InChI is InChI=1S/C16H18N2O4/c19-13(18-10-9-17-15(18)21)11-22-14(20)16(7-4-8-16)12-5-2-1-3-6-12/h1-3,5-6H,4,7-11H2,(H,17,21). The average molecular weight is 302 g/mol. The number of rotatable bonds is 4. The Labute approximate surface area is 128 Å². The second-order valence-corrected chi connectivity index (χ2v) is 5.66. The smallest absolute Gasteiger partial charge is 0.324 e. The quantitative estimate of drug-likeness (QED) is 0.848. The van der Waals surface area contributed by atoms with Crippen LogP contribution in [0.3, 0.4) is 0 Å². The van der Waals surface area contributed by atoms with Gasteiger partial charge in [-0.3, -0.25) is 14.5 Å². The summed E-state index contributed by atoms with van der Waals surface area (Å²) in [4.78, 5) is 36.8. The number of nitrogens with one attached hydrogen (secondary N) is 1. The molecule has 3 rings (SSSR count). The van der Waals surface area contributed by atoms with Crippen molar-refractivity contribution in [3.63, 3.8) is 0 Å². The normalized spacial score (nSPS) is 19.3. The van der Waals surface area contributed by atoms with Gasteiger partial charge in [0.05, 0.1) is 5.41 Å². The lowest BCUT2D eigenvalue weighted by Gasteiger charge is -2.39. The van der Waals surface area contributed by atoms with Crippen molar-refractivity contribution in [2.45, 2.75) is 24.7 Å². The molecule has 1 heterocycles. The molecule has 1 saturated carbocycles. The molecule has 0 aromatic heterocycles. The first kappa shape index (κ1) is 14.6. The molecule has 2 aliphatic rings. The summed E-state index contributed by atoms with van der Waals surface area (Å²) in [6.07, 6.45) is 2.43. The van der Waals surface area contributed by atoms with Crippen molar-refractivity contribution in [2.75, 3.05) is 19.7 Å². The Morgan fingerprint density at radius 3 is 2.50 bits per heavy atom. The summed E-state index contributed by atoms with van der Waals surface area (Å²) in [6, 6.07) is 9.08. The number of esters is 1. The van der Waals surface area contributed by atoms with Crippen molar-refractivity contribution in [3.05, 3.63) is 35.9 Å². The molecule has 1 N–H and O–H groups in total. The topological polar surface area (TPSA) is 75.7 Å². The van der Waals surface area contributed by atoms with Gasteiger partial charge in [0.15, 0.2) is 6.61 Å². The fourth-order valence-corrected chi connectivity index (χ4v) is 2.95. The van der Waals surface area contributed by atoms with Crippen LogP contribution in [-0.4, -0.2) is 42.5 Å². The molecular weight excluding hydrogens is 284 g/mol. The molecule has 0 bridgehead atoms. The van der Waals surface area contributed by atoms with Crippen LogP contribution in [0.25, 0.3) is 0 Å². The van der Waals surface area contributed by atoms with E-state index in [1.54, 1.807) is 0 Å². The second-order valence-electron chi connectivity index (χ2n) is 5.66. The van der Waals surface area contributed by atoms with Crippen LogP contribution in [0.1, 0.15) is 24.8 Å². The summed E-state index contributed by atoms with van der Waals surface area (Å²) in [5, 5.41) is 2.54. The van der Waals surface area contributed by atoms with Gasteiger partial charge >= 0.3 is 12.0 Å². The molecule has 1 saturated heterocycles. The highest BCUT2D eigenvalue weighted by molar-refractivity contribution is 5.97. The van der Waals surface area contributed by atoms with Crippen LogP contribution in [-0.2, 0) is 19.7 Å². The first-order chi connectivity index (χ1) is 10.6. The Hall–Kier alpha value is -2.37. The van der Waals surface area contributed by atoms with Gasteiger partial charge in [-0.15, -0.1) is 0 Å². The van der Waals surface area contributed by atoms with Gasteiger partial charge in [-0.1, -0.05) is 36.8 Å². The predicted molar refractivity (Wildman–Crippen MR) is 78.0 cm³/mol. The van der Waals surface area contributed by atoms with E-state index in [0.29, 0.717) is 13.1 Å². The zero-order valence-corrected chi connectivity index (χ0v) is 12.2. The van der Waals surface area contributed by atoms with E-state index >= 15 is 0 Å². The fourth-order valence-electron chi connectivity index (χ4n) is 2.95. The Bertz CT molecular complexity index is 595. The minimum Gasteiger partial charge on any atom is -0.455 e. The van der Waals surface area contributed by atoms with Crippen LogP contribution in [0.2, 0.25) is 0 Å². The number of benzene rings is 1. The van der Waals surface area contributed by atoms with E-state index in [1.165, 1.54) is 0 Å². The second kappa shape index (κ2) is 5.79. The van der Waals surface area contributed by atoms with Crippen molar-refractivity contribution in [1.82, 2.24) is 10.2 Å². The number of hydrogen-bond donors (Lipinski definition) is 1. The van der Waals surface area contributed by atoms with Crippen LogP contribution < -0.4 is 5.32 Å². The number of amides is 3. The lowest BCUT2D eigenvalue weighted by molar-refractivity contribution is -0.159. The molecule has 0 spiro atoms. The molecule has 0 unspecified atom stereocenters. The highest BCUT2D eigenvalue weighted by atomic mass is 16.5. The highest BCUT2D eigenvalue weighted by Gasteiger charge is 2.47. The number of carbonyl (C=O) groups is 3. The van der Waals surface area contributed by atoms with Crippen molar-refractivity contribution >= 4 is 17.9 Å². The Morgan fingerprint density at radius 2 is 1.95 bits per heavy atom. The van der Waals surface area contributed by atoms with Crippen LogP contribution in [0.15, 0.2) is 30.3 Å². The predicted octanol–water partition coefficient (Wildman–Crippen LogP) is 1.20. The third kappa shape index (κ3) is 2.45. The van der Waals surface area contributed by atoms with Gasteiger partial charge in [0, 0.05) is 13.1 Å². The van der Waals surface area contributed by atoms with Crippen molar-refractivity contribution in [1.29, 1.82) is 0 Å². The number of hydrogen-bond acceptors (Lipinski definition) is 4. The van der Waals surface area contributed by atoms with Gasteiger partial charge in [0.1, 0.15) is 0 Å². The molecule has 1 aromatic carbocycles. The first-order valence-electron chi connectivity index (χ1n) is 7.44. The molecule has 6 nitrogen and oxygen atoms in total. The number of nitrogens with zero attached hydrogens (tertiary/aromatic N) is 1. The van der Waals surface area contributed by atoms with E-state index in [4.69, 9.17) is 4.74 Å². The summed E-state index contributed by atoms with van der Waals surface area (Å²) in [6.45, 7) is 0.367. The van der Waals surface area contributed by atoms with Gasteiger partial charge in [-0.05, 0) is 18.4 Å². The SMILES string of the molecule is O=C(COC(=O)C1(c2ccccc2)CCC1)N1CCNC1=O. The monoisotopic (exact) mass is 302 g/mol. The number of ether oxygens (including phenoxy) is 1. The van der Waals surface area contributed by atoms with Crippen LogP contribution >= 0.6 is 0 Å². The summed E-state index contributed by atoms with van der Waals surface area (Å²) in [7, 11) is 0. The molecule has 6 heteroatoms. The minimum atomic E-state index is -0.630. The van der Waals surface area contributed by atoms with Crippen molar-refractivity contribution < 1.29 is 19.1 Å². The Morgan fingerprint density at radius 1 is 1.23 bits per heavy atom. The van der Waals surface area contributed by atoms with E-state index in [2.05, 4.69) is 5.32 Å². The maximum atomic E-state index is 12.5. The molecule has 1 aliphatic heterocycles. The van der Waals surface area contributed by atoms with E-state index < -0.39 is 17.4 Å². The molecule has 0 atom stereocenters. The molecule has 1 aliphatic carbocycles. The molecule has 116 valence electrons. The molecule has 22 heavy (non-hydrogen) atoms. The highest BCUT2D eigenvalue weighted by Crippen LogP contribution is 2.44. The van der Waals surface area contributed by atoms with Gasteiger partial charge < -0.3 is 10.1 Å². The number of imide groups is 1. The van der Waals surface area contributed by atoms with E-state index in [1.807, 2.05) is 30.3 Å². The Kier molecular flexibility index (Phi) is 3.83. The van der Waals surface area contributed by atoms with E-state index in [9.17, 15) is 14.4 Å². The summed E-state index contributed by atoms with van der Waals surface area (Å²) < 4.78 is 5.22. The Balaban J connectivity index is 1.64. The van der Waals surface area contributed by atoms with E-state index in [-0.39, 0.29) is 12.6 Å². The average Bonchev–Trinajstić information content (AvgIpc) is 2.91. The van der Waals surface area contributed by atoms with Crippen LogP contribution in [0, 0.1) is 0 Å². The minimum absolute atomic E-state index is 0.318. The zero-order chi connectivity index (χ0) is 15.6. The van der Waals surface area contributed by atoms with E-state index in [0.717, 1.165) is 29.7 Å². The summed E-state index contributed by atoms with van der Waals surface area (Å²) in [5.41, 5.74) is 0.298. The lowest BCUT2D eigenvalue weighted by Crippen LogP contribution is -2.45. The van der Waals surface area contributed by atoms with Gasteiger partial charge in [0.2, 0.25) is 0 Å². The van der Waals surface area contributed by atoms with Crippen molar-refractivity contribution in [3.8, 4) is 0 Å². The third-order valence-corrected chi connectivity index (χ3v) is 4.41. The summed E-state index contributed by atoms with van der Waals surface area (Å²) in [5.74, 6) is -0.858. The van der Waals surface area contributed by atoms with Gasteiger partial charge in [-0.2, -0.15) is 0 Å². The lowest BCUT2D eigenvalue weighted by atomic mass is 9.64. The zero-order valence-electron chi connectivity index (χ0n) is 12.2. The number of urea groups is 1. The molecular formula is C16H18N2O4. The van der Waals surface area contributed by atoms with Crippen LogP contribution in [0.4, 0.5) is 4.79 Å². The fraction of sp³-hybridized carbons (Fsp3) is 0.438. The maximum Gasteiger partial charge on any atom is 0.324 e. The molecule has 3 amide bonds. The molecule has 1 aromatic rings. The van der Waals surface area contributed by atoms with Crippen LogP contribution in [0.5, 0.6) is 0 Å².